The first-order valence-corrected chi connectivity index (χ1v) is 7.90. The van der Waals surface area contributed by atoms with Gasteiger partial charge in [-0.1, -0.05) is 27.5 Å². The molecule has 0 aliphatic rings. The summed E-state index contributed by atoms with van der Waals surface area (Å²) >= 11 is 9.28. The van der Waals surface area contributed by atoms with Crippen LogP contribution in [0.5, 0.6) is 11.5 Å². The number of anilines is 1. The third-order valence-corrected chi connectivity index (χ3v) is 4.06. The first-order chi connectivity index (χ1) is 10.5. The Kier molecular flexibility index (Phi) is 5.91. The lowest BCUT2D eigenvalue weighted by molar-refractivity contribution is 0.310. The molecule has 0 saturated heterocycles. The number of halogens is 3. The quantitative estimate of drug-likeness (QED) is 0.732. The molecule has 0 heterocycles. The largest absolute Gasteiger partial charge is 0.493 e. The summed E-state index contributed by atoms with van der Waals surface area (Å²) in [4.78, 5) is 0. The van der Waals surface area contributed by atoms with E-state index in [-0.39, 0.29) is 5.02 Å². The summed E-state index contributed by atoms with van der Waals surface area (Å²) in [7, 11) is 1.60. The Morgan fingerprint density at radius 3 is 2.64 bits per heavy atom. The molecule has 0 aromatic heterocycles. The maximum atomic E-state index is 13.1. The van der Waals surface area contributed by atoms with Crippen molar-refractivity contribution in [1.82, 2.24) is 0 Å². The van der Waals surface area contributed by atoms with Gasteiger partial charge in [-0.15, -0.1) is 0 Å². The van der Waals surface area contributed by atoms with Crippen molar-refractivity contribution in [1.29, 1.82) is 0 Å². The highest BCUT2D eigenvalue weighted by atomic mass is 79.9. The SMILES string of the molecule is CCOc1cc(CNc2ccc(F)c(Cl)c2)c(Br)cc1OC. The van der Waals surface area contributed by atoms with Gasteiger partial charge in [0.05, 0.1) is 18.7 Å². The average Bonchev–Trinajstić information content (AvgIpc) is 2.50. The van der Waals surface area contributed by atoms with Gasteiger partial charge in [-0.25, -0.2) is 4.39 Å². The number of methoxy groups -OCH3 is 1. The van der Waals surface area contributed by atoms with Crippen molar-refractivity contribution in [2.45, 2.75) is 13.5 Å². The highest BCUT2D eigenvalue weighted by molar-refractivity contribution is 9.10. The fourth-order valence-corrected chi connectivity index (χ4v) is 2.59. The van der Waals surface area contributed by atoms with Crippen molar-refractivity contribution in [3.05, 3.63) is 51.2 Å². The third-order valence-electron chi connectivity index (χ3n) is 3.04. The Balaban J connectivity index is 2.18. The minimum absolute atomic E-state index is 0.0915. The number of hydrogen-bond donors (Lipinski definition) is 1. The zero-order chi connectivity index (χ0) is 16.1. The maximum absolute atomic E-state index is 13.1. The molecule has 6 heteroatoms. The lowest BCUT2D eigenvalue weighted by Crippen LogP contribution is -2.03. The highest BCUT2D eigenvalue weighted by Gasteiger charge is 2.10. The molecule has 3 nitrogen and oxygen atoms in total. The van der Waals surface area contributed by atoms with E-state index in [0.717, 1.165) is 15.7 Å². The second kappa shape index (κ2) is 7.70. The number of benzene rings is 2. The molecule has 118 valence electrons. The molecule has 0 spiro atoms. The van der Waals surface area contributed by atoms with Gasteiger partial charge in [-0.2, -0.15) is 0 Å². The Morgan fingerprint density at radius 2 is 2.00 bits per heavy atom. The molecule has 0 aliphatic heterocycles. The van der Waals surface area contributed by atoms with Gasteiger partial charge in [0.2, 0.25) is 0 Å². The molecule has 0 bridgehead atoms. The Morgan fingerprint density at radius 1 is 1.23 bits per heavy atom. The van der Waals surface area contributed by atoms with E-state index in [0.29, 0.717) is 24.7 Å². The summed E-state index contributed by atoms with van der Waals surface area (Å²) < 4.78 is 24.9. The van der Waals surface area contributed by atoms with Crippen LogP contribution in [0.15, 0.2) is 34.8 Å². The van der Waals surface area contributed by atoms with Crippen LogP contribution < -0.4 is 14.8 Å². The van der Waals surface area contributed by atoms with Crippen LogP contribution in [-0.2, 0) is 6.54 Å². The van der Waals surface area contributed by atoms with Crippen molar-refractivity contribution in [2.24, 2.45) is 0 Å². The molecular weight excluding hydrogens is 373 g/mol. The summed E-state index contributed by atoms with van der Waals surface area (Å²) in [5.41, 5.74) is 1.73. The van der Waals surface area contributed by atoms with E-state index >= 15 is 0 Å². The van der Waals surface area contributed by atoms with E-state index in [9.17, 15) is 4.39 Å². The summed E-state index contributed by atoms with van der Waals surface area (Å²) in [6.45, 7) is 3.00. The van der Waals surface area contributed by atoms with Gasteiger partial charge >= 0.3 is 0 Å². The normalized spacial score (nSPS) is 10.4. The number of rotatable bonds is 6. The number of ether oxygens (including phenoxy) is 2. The van der Waals surface area contributed by atoms with Gasteiger partial charge in [0, 0.05) is 16.7 Å². The summed E-state index contributed by atoms with van der Waals surface area (Å²) in [5, 5.41) is 3.29. The molecule has 2 aromatic rings. The zero-order valence-corrected chi connectivity index (χ0v) is 14.6. The Labute approximate surface area is 142 Å². The van der Waals surface area contributed by atoms with Crippen molar-refractivity contribution in [3.63, 3.8) is 0 Å². The first-order valence-electron chi connectivity index (χ1n) is 6.73. The van der Waals surface area contributed by atoms with Crippen LogP contribution in [0.2, 0.25) is 5.02 Å². The smallest absolute Gasteiger partial charge is 0.161 e. The van der Waals surface area contributed by atoms with Crippen LogP contribution in [0.4, 0.5) is 10.1 Å². The molecule has 0 radical (unpaired) electrons. The van der Waals surface area contributed by atoms with Crippen LogP contribution in [0.25, 0.3) is 0 Å². The van der Waals surface area contributed by atoms with Crippen LogP contribution in [0.1, 0.15) is 12.5 Å². The standard InChI is InChI=1S/C16H16BrClFNO2/c1-3-22-16-6-10(12(17)8-15(16)21-2)9-20-11-4-5-14(19)13(18)7-11/h4-8,20H,3,9H2,1-2H3. The Hall–Kier alpha value is -1.46. The number of nitrogens with one attached hydrogen (secondary N) is 1. The molecule has 0 unspecified atom stereocenters. The van der Waals surface area contributed by atoms with Crippen molar-refractivity contribution in [3.8, 4) is 11.5 Å². The summed E-state index contributed by atoms with van der Waals surface area (Å²) in [6.07, 6.45) is 0. The molecule has 2 aromatic carbocycles. The first kappa shape index (κ1) is 16.9. The molecule has 1 N–H and O–H groups in total. The highest BCUT2D eigenvalue weighted by Crippen LogP contribution is 2.34. The van der Waals surface area contributed by atoms with Gasteiger partial charge in [0.1, 0.15) is 5.82 Å². The summed E-state index contributed by atoms with van der Waals surface area (Å²) in [6, 6.07) is 8.30. The van der Waals surface area contributed by atoms with Crippen molar-refractivity contribution < 1.29 is 13.9 Å². The van der Waals surface area contributed by atoms with Gasteiger partial charge in [0.15, 0.2) is 11.5 Å². The van der Waals surface area contributed by atoms with Crippen molar-refractivity contribution in [2.75, 3.05) is 19.0 Å². The summed E-state index contributed by atoms with van der Waals surface area (Å²) in [5.74, 6) is 0.918. The minimum Gasteiger partial charge on any atom is -0.493 e. The van der Waals surface area contributed by atoms with Crippen LogP contribution >= 0.6 is 27.5 Å². The average molecular weight is 389 g/mol. The third kappa shape index (κ3) is 4.05. The van der Waals surface area contributed by atoms with Gasteiger partial charge in [0.25, 0.3) is 0 Å². The zero-order valence-electron chi connectivity index (χ0n) is 12.3. The van der Waals surface area contributed by atoms with Crippen LogP contribution in [-0.4, -0.2) is 13.7 Å². The van der Waals surface area contributed by atoms with Crippen LogP contribution in [0, 0.1) is 5.82 Å². The van der Waals surface area contributed by atoms with E-state index < -0.39 is 5.82 Å². The van der Waals surface area contributed by atoms with Gasteiger partial charge in [-0.05, 0) is 42.8 Å². The molecule has 0 fully saturated rings. The van der Waals surface area contributed by atoms with E-state index in [2.05, 4.69) is 21.2 Å². The molecular formula is C16H16BrClFNO2. The molecule has 0 aliphatic carbocycles. The lowest BCUT2D eigenvalue weighted by atomic mass is 10.2. The second-order valence-corrected chi connectivity index (χ2v) is 5.77. The van der Waals surface area contributed by atoms with Gasteiger partial charge in [-0.3, -0.25) is 0 Å². The monoisotopic (exact) mass is 387 g/mol. The molecule has 0 amide bonds. The van der Waals surface area contributed by atoms with Gasteiger partial charge < -0.3 is 14.8 Å². The molecule has 2 rings (SSSR count). The maximum Gasteiger partial charge on any atom is 0.161 e. The van der Waals surface area contributed by atoms with Crippen molar-refractivity contribution >= 4 is 33.2 Å². The predicted molar refractivity (Wildman–Crippen MR) is 90.6 cm³/mol. The van der Waals surface area contributed by atoms with E-state index in [1.54, 1.807) is 19.2 Å². The van der Waals surface area contributed by atoms with E-state index in [1.165, 1.54) is 6.07 Å². The molecule has 0 atom stereocenters. The van der Waals surface area contributed by atoms with E-state index in [1.807, 2.05) is 19.1 Å². The molecule has 0 saturated carbocycles. The second-order valence-electron chi connectivity index (χ2n) is 4.51. The topological polar surface area (TPSA) is 30.5 Å². The predicted octanol–water partition coefficient (Wildman–Crippen LogP) is 5.26. The minimum atomic E-state index is -0.434. The number of hydrogen-bond acceptors (Lipinski definition) is 3. The Bertz CT molecular complexity index is 667. The fraction of sp³-hybridized carbons (Fsp3) is 0.250. The van der Waals surface area contributed by atoms with E-state index in [4.69, 9.17) is 21.1 Å². The fourth-order valence-electron chi connectivity index (χ4n) is 1.94. The molecule has 22 heavy (non-hydrogen) atoms. The lowest BCUT2D eigenvalue weighted by Gasteiger charge is -2.14. The van der Waals surface area contributed by atoms with Crippen LogP contribution in [0.3, 0.4) is 0 Å².